The third-order valence-electron chi connectivity index (χ3n) is 12.3. The Morgan fingerprint density at radius 1 is 0.574 bits per heavy atom. The lowest BCUT2D eigenvalue weighted by Gasteiger charge is -2.31. The number of anilines is 3. The van der Waals surface area contributed by atoms with Crippen molar-refractivity contribution in [1.82, 2.24) is 0 Å². The summed E-state index contributed by atoms with van der Waals surface area (Å²) < 4.78 is 12.3. The van der Waals surface area contributed by atoms with Gasteiger partial charge >= 0.3 is 0 Å². The Balaban J connectivity index is 1.32. The molecular formula is C55H70N2O2S2. The zero-order valence-electron chi connectivity index (χ0n) is 37.8. The lowest BCUT2D eigenvalue weighted by molar-refractivity contribution is 0.305. The summed E-state index contributed by atoms with van der Waals surface area (Å²) in [5, 5.41) is 0. The number of hydrogen-bond acceptors (Lipinski definition) is 5. The van der Waals surface area contributed by atoms with Crippen molar-refractivity contribution in [3.63, 3.8) is 0 Å². The minimum absolute atomic E-state index is 0.0308. The third kappa shape index (κ3) is 12.0. The summed E-state index contributed by atoms with van der Waals surface area (Å²) in [6.45, 7) is 20.2. The first-order valence-corrected chi connectivity index (χ1v) is 25.3. The maximum Gasteiger partial charge on any atom is 0.163 e. The van der Waals surface area contributed by atoms with Gasteiger partial charge in [-0.3, -0.25) is 0 Å². The molecule has 0 spiro atoms. The van der Waals surface area contributed by atoms with E-state index in [0.29, 0.717) is 0 Å². The van der Waals surface area contributed by atoms with E-state index >= 15 is 0 Å². The summed E-state index contributed by atoms with van der Waals surface area (Å²) in [6, 6.07) is 31.4. The topological polar surface area (TPSA) is 26.1 Å². The SMILES string of the molecule is [C-]#[N+]/C(C)=C\c1cc2c(s1)-c1sc(-c3ccc(N(c4ccc(OCCCCCC)cc4)c4ccc(OCCCCCC)cc4)cc3)cc1C2(CCCCCC)CCCCCC. The minimum atomic E-state index is 0.0308. The molecule has 0 saturated carbocycles. The highest BCUT2D eigenvalue weighted by molar-refractivity contribution is 7.24. The van der Waals surface area contributed by atoms with Crippen molar-refractivity contribution >= 4 is 45.8 Å². The second-order valence-electron chi connectivity index (χ2n) is 17.0. The van der Waals surface area contributed by atoms with Crippen molar-refractivity contribution in [1.29, 1.82) is 0 Å². The van der Waals surface area contributed by atoms with Crippen molar-refractivity contribution in [3.05, 3.63) is 118 Å². The molecule has 1 aliphatic carbocycles. The highest BCUT2D eigenvalue weighted by atomic mass is 32.1. The van der Waals surface area contributed by atoms with Crippen LogP contribution in [0.15, 0.2) is 90.6 Å². The molecule has 4 nitrogen and oxygen atoms in total. The van der Waals surface area contributed by atoms with E-state index in [4.69, 9.17) is 16.0 Å². The fourth-order valence-corrected chi connectivity index (χ4v) is 11.5. The number of thiophene rings is 2. The van der Waals surface area contributed by atoms with Crippen LogP contribution in [0.4, 0.5) is 17.1 Å². The Morgan fingerprint density at radius 3 is 1.49 bits per heavy atom. The van der Waals surface area contributed by atoms with Gasteiger partial charge in [0.2, 0.25) is 0 Å². The molecule has 324 valence electrons. The van der Waals surface area contributed by atoms with Gasteiger partial charge in [0.25, 0.3) is 0 Å². The zero-order valence-corrected chi connectivity index (χ0v) is 39.5. The molecule has 3 aromatic carbocycles. The monoisotopic (exact) mass is 854 g/mol. The summed E-state index contributed by atoms with van der Waals surface area (Å²) in [5.74, 6) is 1.83. The summed E-state index contributed by atoms with van der Waals surface area (Å²) in [7, 11) is 0. The molecule has 2 aromatic heterocycles. The van der Waals surface area contributed by atoms with Crippen LogP contribution >= 0.6 is 22.7 Å². The van der Waals surface area contributed by atoms with Gasteiger partial charge in [-0.15, -0.1) is 22.7 Å². The molecule has 6 rings (SSSR count). The number of fused-ring (bicyclic) bond motifs is 3. The molecule has 0 saturated heterocycles. The normalized spacial score (nSPS) is 12.9. The molecule has 2 heterocycles. The highest BCUT2D eigenvalue weighted by Crippen LogP contribution is 2.61. The van der Waals surface area contributed by atoms with E-state index in [1.165, 1.54) is 133 Å². The van der Waals surface area contributed by atoms with Gasteiger partial charge in [-0.1, -0.05) is 130 Å². The van der Waals surface area contributed by atoms with E-state index < -0.39 is 0 Å². The first kappa shape index (κ1) is 46.2. The number of hydrogen-bond donors (Lipinski definition) is 0. The van der Waals surface area contributed by atoms with Crippen molar-refractivity contribution in [2.24, 2.45) is 0 Å². The fourth-order valence-electron chi connectivity index (χ4n) is 8.86. The molecule has 5 aromatic rings. The lowest BCUT2D eigenvalue weighted by atomic mass is 9.71. The van der Waals surface area contributed by atoms with Gasteiger partial charge in [-0.05, 0) is 128 Å². The Bertz CT molecular complexity index is 2070. The van der Waals surface area contributed by atoms with Crippen molar-refractivity contribution in [3.8, 4) is 31.7 Å². The van der Waals surface area contributed by atoms with Crippen LogP contribution in [0.25, 0.3) is 31.1 Å². The van der Waals surface area contributed by atoms with Crippen LogP contribution < -0.4 is 14.4 Å². The fraction of sp³-hybridized carbons (Fsp3) is 0.473. The Morgan fingerprint density at radius 2 is 1.02 bits per heavy atom. The molecule has 1 aliphatic rings. The van der Waals surface area contributed by atoms with Crippen LogP contribution in [0, 0.1) is 6.57 Å². The largest absolute Gasteiger partial charge is 0.494 e. The molecule has 0 atom stereocenters. The van der Waals surface area contributed by atoms with Gasteiger partial charge in [0.1, 0.15) is 11.5 Å². The molecule has 6 heteroatoms. The number of nitrogens with zero attached hydrogens (tertiary/aromatic N) is 2. The molecule has 0 amide bonds. The van der Waals surface area contributed by atoms with Crippen LogP contribution in [0.2, 0.25) is 0 Å². The molecule has 0 N–H and O–H groups in total. The number of ether oxygens (including phenoxy) is 2. The Kier molecular flexibility index (Phi) is 18.0. The van der Waals surface area contributed by atoms with Crippen molar-refractivity contribution < 1.29 is 9.47 Å². The smallest absolute Gasteiger partial charge is 0.163 e. The molecule has 0 radical (unpaired) electrons. The van der Waals surface area contributed by atoms with E-state index in [1.54, 1.807) is 5.56 Å². The first-order valence-electron chi connectivity index (χ1n) is 23.7. The Hall–Kier alpha value is -4.31. The zero-order chi connectivity index (χ0) is 42.9. The summed E-state index contributed by atoms with van der Waals surface area (Å²) in [6.07, 6.45) is 24.2. The maximum absolute atomic E-state index is 7.62. The van der Waals surface area contributed by atoms with E-state index in [0.717, 1.165) is 60.3 Å². The molecule has 61 heavy (non-hydrogen) atoms. The summed E-state index contributed by atoms with van der Waals surface area (Å²) in [4.78, 5) is 11.5. The van der Waals surface area contributed by atoms with Crippen LogP contribution in [0.5, 0.6) is 11.5 Å². The quantitative estimate of drug-likeness (QED) is 0.0389. The first-order chi connectivity index (χ1) is 29.9. The summed E-state index contributed by atoms with van der Waals surface area (Å²) in [5.41, 5.74) is 8.41. The molecule has 0 fully saturated rings. The number of benzene rings is 3. The van der Waals surface area contributed by atoms with Gasteiger partial charge in [0, 0.05) is 42.0 Å². The van der Waals surface area contributed by atoms with Gasteiger partial charge in [0.05, 0.1) is 19.8 Å². The van der Waals surface area contributed by atoms with Crippen molar-refractivity contribution in [2.75, 3.05) is 18.1 Å². The van der Waals surface area contributed by atoms with E-state index in [1.807, 2.05) is 29.6 Å². The molecular weight excluding hydrogens is 785 g/mol. The second kappa shape index (κ2) is 23.8. The van der Waals surface area contributed by atoms with Crippen LogP contribution in [-0.4, -0.2) is 13.2 Å². The molecule has 0 bridgehead atoms. The maximum atomic E-state index is 7.62. The van der Waals surface area contributed by atoms with Crippen LogP contribution in [-0.2, 0) is 5.41 Å². The van der Waals surface area contributed by atoms with Crippen molar-refractivity contribution in [2.45, 2.75) is 156 Å². The summed E-state index contributed by atoms with van der Waals surface area (Å²) >= 11 is 3.86. The standard InChI is InChI=1S/C55H70N2O2S2/c1-7-11-15-19-35-55(36-20-16-12-8-2)50-40-49(39-42(5)56-6)60-53(50)54-51(55)41-52(61-54)43-23-25-44(26-24-43)57(45-27-31-47(32-28-45)58-37-21-17-13-9-3)46-29-33-48(34-30-46)59-38-22-18-14-10-4/h23-34,39-41H,7-22,35-38H2,1-5H3/b42-39-. The van der Waals surface area contributed by atoms with Gasteiger partial charge in [-0.25, -0.2) is 4.85 Å². The number of rotatable bonds is 27. The van der Waals surface area contributed by atoms with Gasteiger partial charge < -0.3 is 14.4 Å². The lowest BCUT2D eigenvalue weighted by Crippen LogP contribution is -2.25. The van der Waals surface area contributed by atoms with E-state index in [9.17, 15) is 0 Å². The van der Waals surface area contributed by atoms with Gasteiger partial charge in [-0.2, -0.15) is 0 Å². The Labute approximate surface area is 376 Å². The van der Waals surface area contributed by atoms with Crippen LogP contribution in [0.1, 0.15) is 166 Å². The number of unbranched alkanes of at least 4 members (excludes halogenated alkanes) is 12. The van der Waals surface area contributed by atoms with Gasteiger partial charge in [0.15, 0.2) is 5.70 Å². The molecule has 0 unspecified atom stereocenters. The predicted molar refractivity (Wildman–Crippen MR) is 266 cm³/mol. The average Bonchev–Trinajstić information content (AvgIpc) is 3.97. The minimum Gasteiger partial charge on any atom is -0.494 e. The number of allylic oxidation sites excluding steroid dienone is 1. The highest BCUT2D eigenvalue weighted by Gasteiger charge is 2.45. The average molecular weight is 855 g/mol. The van der Waals surface area contributed by atoms with Crippen LogP contribution in [0.3, 0.4) is 0 Å². The molecule has 0 aliphatic heterocycles. The van der Waals surface area contributed by atoms with E-state index in [-0.39, 0.29) is 5.41 Å². The second-order valence-corrected chi connectivity index (χ2v) is 19.2. The third-order valence-corrected chi connectivity index (χ3v) is 14.7. The predicted octanol–water partition coefficient (Wildman–Crippen LogP) is 18.4. The van der Waals surface area contributed by atoms with E-state index in [2.05, 4.69) is 128 Å².